The van der Waals surface area contributed by atoms with Gasteiger partial charge in [-0.15, -0.1) is 13.2 Å². The number of rotatable bonds is 3. The molecule has 106 valence electrons. The molecular formula is C13H12F3N3O. The molecule has 2 aromatic rings. The number of pyridine rings is 1. The third kappa shape index (κ3) is 3.78. The molecule has 1 aromatic heterocycles. The summed E-state index contributed by atoms with van der Waals surface area (Å²) in [6, 6.07) is 7.14. The molecule has 7 heteroatoms. The van der Waals surface area contributed by atoms with Gasteiger partial charge >= 0.3 is 6.36 Å². The van der Waals surface area contributed by atoms with Crippen molar-refractivity contribution in [3.05, 3.63) is 42.1 Å². The maximum Gasteiger partial charge on any atom is 0.573 e. The summed E-state index contributed by atoms with van der Waals surface area (Å²) < 4.78 is 39.8. The van der Waals surface area contributed by atoms with Gasteiger partial charge in [0.1, 0.15) is 11.6 Å². The number of nitrogens with one attached hydrogen (secondary N) is 1. The summed E-state index contributed by atoms with van der Waals surface area (Å²) in [4.78, 5) is 4.11. The van der Waals surface area contributed by atoms with Crippen molar-refractivity contribution in [3.63, 3.8) is 0 Å². The Labute approximate surface area is 113 Å². The van der Waals surface area contributed by atoms with Gasteiger partial charge in [-0.2, -0.15) is 0 Å². The van der Waals surface area contributed by atoms with Crippen LogP contribution in [0.1, 0.15) is 5.56 Å². The molecule has 0 atom stereocenters. The van der Waals surface area contributed by atoms with E-state index in [1.165, 1.54) is 30.5 Å². The largest absolute Gasteiger partial charge is 0.573 e. The van der Waals surface area contributed by atoms with Gasteiger partial charge in [-0.25, -0.2) is 4.98 Å². The van der Waals surface area contributed by atoms with Crippen LogP contribution in [-0.2, 0) is 0 Å². The van der Waals surface area contributed by atoms with Gasteiger partial charge in [0.2, 0.25) is 0 Å². The molecule has 1 heterocycles. The molecule has 3 N–H and O–H groups in total. The molecular weight excluding hydrogens is 271 g/mol. The lowest BCUT2D eigenvalue weighted by molar-refractivity contribution is -0.274. The molecule has 0 bridgehead atoms. The fourth-order valence-corrected chi connectivity index (χ4v) is 1.60. The van der Waals surface area contributed by atoms with Gasteiger partial charge in [-0.1, -0.05) is 0 Å². The standard InChI is InChI=1S/C13H12F3N3O/c1-8-6-9(17)7-18-12(8)19-10-2-4-11(5-3-10)20-13(14,15)16/h2-7H,17H2,1H3,(H,18,19). The number of benzene rings is 1. The number of anilines is 3. The Bertz CT molecular complexity index is 597. The number of nitrogen functional groups attached to an aromatic ring is 1. The average molecular weight is 283 g/mol. The molecule has 4 nitrogen and oxygen atoms in total. The lowest BCUT2D eigenvalue weighted by atomic mass is 10.2. The summed E-state index contributed by atoms with van der Waals surface area (Å²) in [5.74, 6) is 0.314. The second kappa shape index (κ2) is 5.28. The second-order valence-corrected chi connectivity index (χ2v) is 4.13. The maximum absolute atomic E-state index is 12.0. The quantitative estimate of drug-likeness (QED) is 0.903. The van der Waals surface area contributed by atoms with Crippen LogP contribution in [0.5, 0.6) is 5.75 Å². The van der Waals surface area contributed by atoms with Crippen LogP contribution in [0.3, 0.4) is 0 Å². The Morgan fingerprint density at radius 2 is 1.85 bits per heavy atom. The van der Waals surface area contributed by atoms with E-state index in [1.54, 1.807) is 6.07 Å². The van der Waals surface area contributed by atoms with Crippen molar-refractivity contribution in [1.29, 1.82) is 0 Å². The Balaban J connectivity index is 2.11. The number of nitrogens with zero attached hydrogens (tertiary/aromatic N) is 1. The summed E-state index contributed by atoms with van der Waals surface area (Å²) in [7, 11) is 0. The minimum atomic E-state index is -4.69. The molecule has 0 radical (unpaired) electrons. The van der Waals surface area contributed by atoms with E-state index in [2.05, 4.69) is 15.0 Å². The molecule has 1 aromatic carbocycles. The normalized spacial score (nSPS) is 11.2. The zero-order valence-corrected chi connectivity index (χ0v) is 10.5. The molecule has 0 unspecified atom stereocenters. The zero-order valence-electron chi connectivity index (χ0n) is 10.5. The number of ether oxygens (including phenoxy) is 1. The Morgan fingerprint density at radius 1 is 1.20 bits per heavy atom. The first-order valence-electron chi connectivity index (χ1n) is 5.68. The topological polar surface area (TPSA) is 60.2 Å². The van der Waals surface area contributed by atoms with E-state index in [9.17, 15) is 13.2 Å². The summed E-state index contributed by atoms with van der Waals surface area (Å²) in [5, 5.41) is 2.99. The molecule has 0 aliphatic heterocycles. The molecule has 0 saturated heterocycles. The molecule has 0 saturated carbocycles. The van der Waals surface area contributed by atoms with Crippen LogP contribution in [0.25, 0.3) is 0 Å². The van der Waals surface area contributed by atoms with Crippen molar-refractivity contribution < 1.29 is 17.9 Å². The van der Waals surface area contributed by atoms with E-state index in [1.807, 2.05) is 6.92 Å². The van der Waals surface area contributed by atoms with Gasteiger partial charge in [0, 0.05) is 5.69 Å². The van der Waals surface area contributed by atoms with Gasteiger partial charge in [0.15, 0.2) is 0 Å². The zero-order chi connectivity index (χ0) is 14.8. The van der Waals surface area contributed by atoms with E-state index in [-0.39, 0.29) is 5.75 Å². The number of hydrogen-bond donors (Lipinski definition) is 2. The second-order valence-electron chi connectivity index (χ2n) is 4.13. The number of hydrogen-bond acceptors (Lipinski definition) is 4. The van der Waals surface area contributed by atoms with Crippen LogP contribution in [0.2, 0.25) is 0 Å². The number of halogens is 3. The Hall–Kier alpha value is -2.44. The van der Waals surface area contributed by atoms with Crippen LogP contribution in [0, 0.1) is 6.92 Å². The number of alkyl halides is 3. The maximum atomic E-state index is 12.0. The first kappa shape index (κ1) is 14.0. The van der Waals surface area contributed by atoms with E-state index in [0.717, 1.165) is 5.56 Å². The van der Waals surface area contributed by atoms with E-state index in [4.69, 9.17) is 5.73 Å². The van der Waals surface area contributed by atoms with Gasteiger partial charge in [-0.05, 0) is 42.8 Å². The minimum absolute atomic E-state index is 0.273. The van der Waals surface area contributed by atoms with Gasteiger partial charge in [0.05, 0.1) is 11.9 Å². The first-order chi connectivity index (χ1) is 9.33. The Morgan fingerprint density at radius 3 is 2.40 bits per heavy atom. The summed E-state index contributed by atoms with van der Waals surface area (Å²) in [6.07, 6.45) is -3.19. The van der Waals surface area contributed by atoms with Crippen LogP contribution < -0.4 is 15.8 Å². The SMILES string of the molecule is Cc1cc(N)cnc1Nc1ccc(OC(F)(F)F)cc1. The third-order valence-electron chi connectivity index (χ3n) is 2.45. The van der Waals surface area contributed by atoms with Crippen molar-refractivity contribution in [3.8, 4) is 5.75 Å². The predicted octanol–water partition coefficient (Wildman–Crippen LogP) is 3.61. The fourth-order valence-electron chi connectivity index (χ4n) is 1.60. The van der Waals surface area contributed by atoms with Crippen molar-refractivity contribution in [1.82, 2.24) is 4.98 Å². The highest BCUT2D eigenvalue weighted by Gasteiger charge is 2.30. The molecule has 0 aliphatic carbocycles. The monoisotopic (exact) mass is 283 g/mol. The van der Waals surface area contributed by atoms with Crippen molar-refractivity contribution in [2.75, 3.05) is 11.1 Å². The number of aromatic nitrogens is 1. The summed E-state index contributed by atoms with van der Waals surface area (Å²) in [5.41, 5.74) is 7.56. The van der Waals surface area contributed by atoms with E-state index in [0.29, 0.717) is 17.2 Å². The molecule has 0 amide bonds. The lowest BCUT2D eigenvalue weighted by Gasteiger charge is -2.11. The summed E-state index contributed by atoms with van der Waals surface area (Å²) >= 11 is 0. The van der Waals surface area contributed by atoms with Crippen molar-refractivity contribution in [2.24, 2.45) is 0 Å². The van der Waals surface area contributed by atoms with Crippen LogP contribution in [-0.4, -0.2) is 11.3 Å². The fraction of sp³-hybridized carbons (Fsp3) is 0.154. The number of aryl methyl sites for hydroxylation is 1. The molecule has 2 rings (SSSR count). The van der Waals surface area contributed by atoms with Crippen LogP contribution in [0.4, 0.5) is 30.4 Å². The molecule has 20 heavy (non-hydrogen) atoms. The van der Waals surface area contributed by atoms with Gasteiger partial charge in [-0.3, -0.25) is 0 Å². The van der Waals surface area contributed by atoms with E-state index < -0.39 is 6.36 Å². The molecule has 0 aliphatic rings. The minimum Gasteiger partial charge on any atom is -0.406 e. The smallest absolute Gasteiger partial charge is 0.406 e. The first-order valence-corrected chi connectivity index (χ1v) is 5.68. The lowest BCUT2D eigenvalue weighted by Crippen LogP contribution is -2.16. The highest BCUT2D eigenvalue weighted by molar-refractivity contribution is 5.61. The highest BCUT2D eigenvalue weighted by Crippen LogP contribution is 2.25. The molecule has 0 fully saturated rings. The Kier molecular flexibility index (Phi) is 3.69. The van der Waals surface area contributed by atoms with Crippen LogP contribution >= 0.6 is 0 Å². The predicted molar refractivity (Wildman–Crippen MR) is 69.8 cm³/mol. The molecule has 0 spiro atoms. The average Bonchev–Trinajstić information content (AvgIpc) is 2.33. The van der Waals surface area contributed by atoms with Crippen molar-refractivity contribution >= 4 is 17.2 Å². The number of nitrogens with two attached hydrogens (primary N) is 1. The summed E-state index contributed by atoms with van der Waals surface area (Å²) in [6.45, 7) is 1.83. The third-order valence-corrected chi connectivity index (χ3v) is 2.45. The van der Waals surface area contributed by atoms with Crippen LogP contribution in [0.15, 0.2) is 36.5 Å². The van der Waals surface area contributed by atoms with Gasteiger partial charge in [0.25, 0.3) is 0 Å². The van der Waals surface area contributed by atoms with Crippen molar-refractivity contribution in [2.45, 2.75) is 13.3 Å². The highest BCUT2D eigenvalue weighted by atomic mass is 19.4. The van der Waals surface area contributed by atoms with Gasteiger partial charge < -0.3 is 15.8 Å². The van der Waals surface area contributed by atoms with E-state index >= 15 is 0 Å².